The minimum Gasteiger partial charge on any atom is -0.307 e. The zero-order valence-corrected chi connectivity index (χ0v) is 10.7. The molecule has 0 unspecified atom stereocenters. The third-order valence-corrected chi connectivity index (χ3v) is 2.91. The van der Waals surface area contributed by atoms with E-state index in [2.05, 4.69) is 15.3 Å². The zero-order valence-electron chi connectivity index (χ0n) is 9.95. The Morgan fingerprint density at radius 1 is 1.22 bits per heavy atom. The predicted molar refractivity (Wildman–Crippen MR) is 68.7 cm³/mol. The average molecular weight is 266 g/mol. The lowest BCUT2D eigenvalue weighted by Gasteiger charge is -2.06. The molecule has 0 radical (unpaired) electrons. The second-order valence-corrected chi connectivity index (χ2v) is 4.34. The Morgan fingerprint density at radius 2 is 2.06 bits per heavy atom. The number of aryl methyl sites for hydroxylation is 1. The Labute approximate surface area is 110 Å². The second kappa shape index (κ2) is 5.89. The van der Waals surface area contributed by atoms with Crippen LogP contribution in [0, 0.1) is 12.7 Å². The van der Waals surface area contributed by atoms with Gasteiger partial charge >= 0.3 is 0 Å². The van der Waals surface area contributed by atoms with Crippen LogP contribution in [-0.2, 0) is 13.1 Å². The van der Waals surface area contributed by atoms with E-state index in [1.807, 2.05) is 6.92 Å². The van der Waals surface area contributed by atoms with E-state index in [1.165, 1.54) is 6.07 Å². The van der Waals surface area contributed by atoms with Gasteiger partial charge in [-0.2, -0.15) is 0 Å². The van der Waals surface area contributed by atoms with Crippen LogP contribution in [0.4, 0.5) is 4.39 Å². The van der Waals surface area contributed by atoms with Gasteiger partial charge in [0.25, 0.3) is 0 Å². The summed E-state index contributed by atoms with van der Waals surface area (Å²) in [6, 6.07) is 4.78. The maximum Gasteiger partial charge on any atom is 0.142 e. The molecule has 3 nitrogen and oxygen atoms in total. The Bertz CT molecular complexity index is 528. The van der Waals surface area contributed by atoms with Crippen molar-refractivity contribution in [1.82, 2.24) is 15.3 Å². The summed E-state index contributed by atoms with van der Waals surface area (Å²) >= 11 is 5.85. The fourth-order valence-electron chi connectivity index (χ4n) is 1.52. The van der Waals surface area contributed by atoms with E-state index in [-0.39, 0.29) is 5.02 Å². The third-order valence-electron chi connectivity index (χ3n) is 2.49. The number of halogens is 2. The van der Waals surface area contributed by atoms with Crippen LogP contribution in [0.3, 0.4) is 0 Å². The molecule has 1 heterocycles. The normalized spacial score (nSPS) is 10.6. The van der Waals surface area contributed by atoms with Gasteiger partial charge in [-0.3, -0.25) is 9.97 Å². The summed E-state index contributed by atoms with van der Waals surface area (Å²) in [4.78, 5) is 8.37. The topological polar surface area (TPSA) is 37.8 Å². The molecule has 0 saturated carbocycles. The summed E-state index contributed by atoms with van der Waals surface area (Å²) in [6.45, 7) is 2.95. The zero-order chi connectivity index (χ0) is 13.0. The quantitative estimate of drug-likeness (QED) is 0.924. The van der Waals surface area contributed by atoms with Crippen LogP contribution in [0.1, 0.15) is 17.0 Å². The van der Waals surface area contributed by atoms with Gasteiger partial charge in [-0.05, 0) is 18.6 Å². The van der Waals surface area contributed by atoms with E-state index < -0.39 is 5.82 Å². The molecule has 1 N–H and O–H groups in total. The van der Waals surface area contributed by atoms with Crippen molar-refractivity contribution in [2.24, 2.45) is 0 Å². The van der Waals surface area contributed by atoms with E-state index >= 15 is 0 Å². The van der Waals surface area contributed by atoms with Gasteiger partial charge in [0.2, 0.25) is 0 Å². The molecule has 0 amide bonds. The van der Waals surface area contributed by atoms with Gasteiger partial charge < -0.3 is 5.32 Å². The number of hydrogen-bond donors (Lipinski definition) is 1. The minimum absolute atomic E-state index is 0.167. The smallest absolute Gasteiger partial charge is 0.142 e. The molecule has 1 aromatic carbocycles. The maximum atomic E-state index is 13.2. The number of nitrogens with zero attached hydrogens (tertiary/aromatic N) is 2. The lowest BCUT2D eigenvalue weighted by atomic mass is 10.2. The van der Waals surface area contributed by atoms with Crippen molar-refractivity contribution in [2.75, 3.05) is 0 Å². The molecule has 2 aromatic rings. The van der Waals surface area contributed by atoms with E-state index in [1.54, 1.807) is 24.5 Å². The van der Waals surface area contributed by atoms with Crippen LogP contribution in [0.2, 0.25) is 5.02 Å². The third kappa shape index (κ3) is 3.24. The van der Waals surface area contributed by atoms with Crippen molar-refractivity contribution < 1.29 is 4.39 Å². The number of aromatic nitrogens is 2. The molecule has 0 aliphatic heterocycles. The van der Waals surface area contributed by atoms with Gasteiger partial charge in [-0.1, -0.05) is 23.7 Å². The number of benzene rings is 1. The maximum absolute atomic E-state index is 13.2. The fraction of sp³-hybridized carbons (Fsp3) is 0.231. The highest BCUT2D eigenvalue weighted by Gasteiger charge is 2.05. The summed E-state index contributed by atoms with van der Waals surface area (Å²) < 4.78 is 13.2. The summed E-state index contributed by atoms with van der Waals surface area (Å²) in [5.74, 6) is -0.397. The lowest BCUT2D eigenvalue weighted by Crippen LogP contribution is -2.14. The SMILES string of the molecule is Cc1cnc(CNCc2cccc(F)c2Cl)cn1. The van der Waals surface area contributed by atoms with Crippen LogP contribution in [0.5, 0.6) is 0 Å². The first-order chi connectivity index (χ1) is 8.66. The minimum atomic E-state index is -0.397. The van der Waals surface area contributed by atoms with E-state index in [9.17, 15) is 4.39 Å². The van der Waals surface area contributed by atoms with Crippen molar-refractivity contribution in [2.45, 2.75) is 20.0 Å². The fourth-order valence-corrected chi connectivity index (χ4v) is 1.71. The van der Waals surface area contributed by atoms with Crippen LogP contribution in [-0.4, -0.2) is 9.97 Å². The Morgan fingerprint density at radius 3 is 2.78 bits per heavy atom. The molecule has 5 heteroatoms. The molecule has 0 bridgehead atoms. The first-order valence-electron chi connectivity index (χ1n) is 5.58. The summed E-state index contributed by atoms with van der Waals surface area (Å²) in [5.41, 5.74) is 2.46. The molecule has 0 fully saturated rings. The number of rotatable bonds is 4. The monoisotopic (exact) mass is 265 g/mol. The Kier molecular flexibility index (Phi) is 4.23. The first kappa shape index (κ1) is 12.9. The predicted octanol–water partition coefficient (Wildman–Crippen LogP) is 2.87. The van der Waals surface area contributed by atoms with Crippen molar-refractivity contribution >= 4 is 11.6 Å². The molecular weight excluding hydrogens is 253 g/mol. The first-order valence-corrected chi connectivity index (χ1v) is 5.96. The van der Waals surface area contributed by atoms with Crippen molar-refractivity contribution in [3.63, 3.8) is 0 Å². The highest BCUT2D eigenvalue weighted by atomic mass is 35.5. The molecule has 0 spiro atoms. The van der Waals surface area contributed by atoms with Crippen LogP contribution in [0.25, 0.3) is 0 Å². The molecule has 0 aliphatic carbocycles. The van der Waals surface area contributed by atoms with Crippen LogP contribution < -0.4 is 5.32 Å². The van der Waals surface area contributed by atoms with Gasteiger partial charge in [0, 0.05) is 25.5 Å². The molecule has 0 aliphatic rings. The van der Waals surface area contributed by atoms with Crippen LogP contribution >= 0.6 is 11.6 Å². The summed E-state index contributed by atoms with van der Waals surface area (Å²) in [5, 5.41) is 3.32. The molecular formula is C13H13ClFN3. The van der Waals surface area contributed by atoms with Gasteiger partial charge in [0.1, 0.15) is 5.82 Å². The van der Waals surface area contributed by atoms with Crippen molar-refractivity contribution in [3.8, 4) is 0 Å². The van der Waals surface area contributed by atoms with Crippen LogP contribution in [0.15, 0.2) is 30.6 Å². The standard InChI is InChI=1S/C13H13ClFN3/c1-9-5-18-11(8-17-9)7-16-6-10-3-2-4-12(15)13(10)14/h2-5,8,16H,6-7H2,1H3. The van der Waals surface area contributed by atoms with E-state index in [0.29, 0.717) is 13.1 Å². The highest BCUT2D eigenvalue weighted by Crippen LogP contribution is 2.19. The van der Waals surface area contributed by atoms with Gasteiger partial charge in [-0.15, -0.1) is 0 Å². The molecule has 0 saturated heterocycles. The molecule has 0 atom stereocenters. The Balaban J connectivity index is 1.92. The number of nitrogens with one attached hydrogen (secondary N) is 1. The molecule has 2 rings (SSSR count). The molecule has 18 heavy (non-hydrogen) atoms. The van der Waals surface area contributed by atoms with Gasteiger partial charge in [0.05, 0.1) is 16.4 Å². The highest BCUT2D eigenvalue weighted by molar-refractivity contribution is 6.31. The average Bonchev–Trinajstić information content (AvgIpc) is 2.37. The van der Waals surface area contributed by atoms with Crippen molar-refractivity contribution in [3.05, 3.63) is 58.4 Å². The van der Waals surface area contributed by atoms with Gasteiger partial charge in [-0.25, -0.2) is 4.39 Å². The summed E-state index contributed by atoms with van der Waals surface area (Å²) in [7, 11) is 0. The van der Waals surface area contributed by atoms with Crippen molar-refractivity contribution in [1.29, 1.82) is 0 Å². The van der Waals surface area contributed by atoms with E-state index in [0.717, 1.165) is 17.0 Å². The van der Waals surface area contributed by atoms with E-state index in [4.69, 9.17) is 11.6 Å². The lowest BCUT2D eigenvalue weighted by molar-refractivity contribution is 0.619. The second-order valence-electron chi connectivity index (χ2n) is 3.97. The summed E-state index contributed by atoms with van der Waals surface area (Å²) in [6.07, 6.45) is 3.43. The van der Waals surface area contributed by atoms with Gasteiger partial charge in [0.15, 0.2) is 0 Å². The number of hydrogen-bond acceptors (Lipinski definition) is 3. The Hall–Kier alpha value is -1.52. The molecule has 94 valence electrons. The molecule has 1 aromatic heterocycles. The largest absolute Gasteiger partial charge is 0.307 e.